The first-order valence-corrected chi connectivity index (χ1v) is 10.5. The van der Waals surface area contributed by atoms with Gasteiger partial charge in [0.05, 0.1) is 25.5 Å². The Morgan fingerprint density at radius 3 is 2.87 bits per heavy atom. The number of oxime groups is 1. The highest BCUT2D eigenvalue weighted by molar-refractivity contribution is 6.30. The van der Waals surface area contributed by atoms with Gasteiger partial charge in [-0.2, -0.15) is 0 Å². The molecule has 6 nitrogen and oxygen atoms in total. The second kappa shape index (κ2) is 11.7. The van der Waals surface area contributed by atoms with Gasteiger partial charge in [0.1, 0.15) is 18.5 Å². The number of nitrogens with zero attached hydrogens (tertiary/aromatic N) is 2. The van der Waals surface area contributed by atoms with E-state index in [2.05, 4.69) is 16.0 Å². The summed E-state index contributed by atoms with van der Waals surface area (Å²) in [5, 5.41) is 15.4. The van der Waals surface area contributed by atoms with Gasteiger partial charge in [0.25, 0.3) is 0 Å². The molecule has 1 heterocycles. The van der Waals surface area contributed by atoms with E-state index >= 15 is 0 Å². The topological polar surface area (TPSA) is 63.5 Å². The lowest BCUT2D eigenvalue weighted by Crippen LogP contribution is -2.39. The van der Waals surface area contributed by atoms with Crippen LogP contribution in [0.4, 0.5) is 0 Å². The molecule has 0 amide bonds. The molecule has 0 spiro atoms. The Kier molecular flexibility index (Phi) is 8.74. The van der Waals surface area contributed by atoms with E-state index in [4.69, 9.17) is 32.3 Å². The van der Waals surface area contributed by atoms with Crippen molar-refractivity contribution in [3.8, 4) is 18.1 Å². The molecule has 7 heteroatoms. The molecule has 0 aliphatic carbocycles. The fraction of sp³-hybridized carbons (Fsp3) is 0.375. The van der Waals surface area contributed by atoms with Crippen LogP contribution in [-0.4, -0.2) is 61.3 Å². The Morgan fingerprint density at radius 1 is 1.32 bits per heavy atom. The highest BCUT2D eigenvalue weighted by Gasteiger charge is 2.26. The van der Waals surface area contributed by atoms with Gasteiger partial charge in [-0.1, -0.05) is 46.9 Å². The van der Waals surface area contributed by atoms with Gasteiger partial charge >= 0.3 is 0 Å². The van der Waals surface area contributed by atoms with Gasteiger partial charge in [-0.25, -0.2) is 0 Å². The summed E-state index contributed by atoms with van der Waals surface area (Å²) in [6, 6.07) is 15.4. The molecule has 0 saturated heterocycles. The van der Waals surface area contributed by atoms with Gasteiger partial charge in [-0.3, -0.25) is 4.90 Å². The average Bonchev–Trinajstić information content (AvgIpc) is 3.23. The smallest absolute Gasteiger partial charge is 0.145 e. The normalized spacial score (nSPS) is 16.5. The number of methoxy groups -OCH3 is 1. The minimum Gasteiger partial charge on any atom is -0.497 e. The van der Waals surface area contributed by atoms with Crippen molar-refractivity contribution < 1.29 is 19.4 Å². The molecular formula is C24H27ClN2O4. The Morgan fingerprint density at radius 2 is 2.13 bits per heavy atom. The number of hydrogen-bond donors (Lipinski definition) is 1. The fourth-order valence-electron chi connectivity index (χ4n) is 3.46. The third-order valence-electron chi connectivity index (χ3n) is 4.88. The monoisotopic (exact) mass is 442 g/mol. The number of aliphatic hydroxyl groups excluding tert-OH is 1. The van der Waals surface area contributed by atoms with Crippen LogP contribution in [-0.2, 0) is 16.1 Å². The molecule has 0 bridgehead atoms. The molecule has 0 fully saturated rings. The van der Waals surface area contributed by atoms with E-state index in [9.17, 15) is 5.11 Å². The molecule has 0 radical (unpaired) electrons. The number of halogens is 1. The van der Waals surface area contributed by atoms with Gasteiger partial charge in [-0.15, -0.1) is 6.42 Å². The first-order valence-electron chi connectivity index (χ1n) is 10.1. The van der Waals surface area contributed by atoms with Crippen LogP contribution in [0.1, 0.15) is 17.5 Å². The summed E-state index contributed by atoms with van der Waals surface area (Å²) in [6.45, 7) is 2.00. The van der Waals surface area contributed by atoms with Gasteiger partial charge < -0.3 is 19.4 Å². The van der Waals surface area contributed by atoms with Gasteiger partial charge in [0, 0.05) is 31.1 Å². The molecule has 164 valence electrons. The predicted molar refractivity (Wildman–Crippen MR) is 121 cm³/mol. The van der Waals surface area contributed by atoms with E-state index in [0.29, 0.717) is 31.1 Å². The maximum Gasteiger partial charge on any atom is 0.145 e. The molecule has 1 aliphatic heterocycles. The molecule has 2 aromatic carbocycles. The van der Waals surface area contributed by atoms with Crippen LogP contribution >= 0.6 is 11.6 Å². The molecule has 2 atom stereocenters. The van der Waals surface area contributed by atoms with Crippen molar-refractivity contribution in [1.82, 2.24) is 4.90 Å². The van der Waals surface area contributed by atoms with Crippen LogP contribution < -0.4 is 4.74 Å². The maximum atomic E-state index is 10.4. The lowest BCUT2D eigenvalue weighted by Gasteiger charge is -2.27. The van der Waals surface area contributed by atoms with Crippen LogP contribution in [0.5, 0.6) is 5.75 Å². The molecule has 0 aromatic heterocycles. The highest BCUT2D eigenvalue weighted by atomic mass is 35.5. The Labute approximate surface area is 188 Å². The lowest BCUT2D eigenvalue weighted by molar-refractivity contribution is 0.00417. The SMILES string of the molecule is C#CCOC[C@@H](O)CN(Cc1cccc(OC)c1)C[C@@H]1CC(c2ccc(Cl)cc2)=NO1. The predicted octanol–water partition coefficient (Wildman–Crippen LogP) is 3.35. The molecule has 2 aromatic rings. The summed E-state index contributed by atoms with van der Waals surface area (Å²) < 4.78 is 10.6. The van der Waals surface area contributed by atoms with E-state index < -0.39 is 6.10 Å². The zero-order chi connectivity index (χ0) is 22.1. The zero-order valence-electron chi connectivity index (χ0n) is 17.5. The summed E-state index contributed by atoms with van der Waals surface area (Å²) in [4.78, 5) is 7.82. The fourth-order valence-corrected chi connectivity index (χ4v) is 3.59. The minimum absolute atomic E-state index is 0.116. The third-order valence-corrected chi connectivity index (χ3v) is 5.13. The number of terminal acetylenes is 1. The molecule has 0 unspecified atom stereocenters. The molecule has 1 aliphatic rings. The van der Waals surface area contributed by atoms with Gasteiger partial charge in [0.2, 0.25) is 0 Å². The Bertz CT molecular complexity index is 911. The van der Waals surface area contributed by atoms with E-state index in [-0.39, 0.29) is 19.3 Å². The largest absolute Gasteiger partial charge is 0.497 e. The second-order valence-electron chi connectivity index (χ2n) is 7.40. The summed E-state index contributed by atoms with van der Waals surface area (Å²) in [5.41, 5.74) is 2.96. The highest BCUT2D eigenvalue weighted by Crippen LogP contribution is 2.21. The van der Waals surface area contributed by atoms with Gasteiger partial charge in [0.15, 0.2) is 0 Å². The van der Waals surface area contributed by atoms with Crippen molar-refractivity contribution in [2.75, 3.05) is 33.4 Å². The van der Waals surface area contributed by atoms with Crippen LogP contribution in [0.2, 0.25) is 5.02 Å². The number of hydrogen-bond acceptors (Lipinski definition) is 6. The quantitative estimate of drug-likeness (QED) is 0.427. The summed E-state index contributed by atoms with van der Waals surface area (Å²) in [7, 11) is 1.64. The van der Waals surface area contributed by atoms with Gasteiger partial charge in [-0.05, 0) is 35.4 Å². The molecule has 3 rings (SSSR count). The molecular weight excluding hydrogens is 416 g/mol. The number of aliphatic hydroxyl groups is 1. The first kappa shape index (κ1) is 23.1. The number of ether oxygens (including phenoxy) is 2. The van der Waals surface area contributed by atoms with Crippen LogP contribution in [0.3, 0.4) is 0 Å². The molecule has 31 heavy (non-hydrogen) atoms. The van der Waals surface area contributed by atoms with E-state index in [1.165, 1.54) is 0 Å². The zero-order valence-corrected chi connectivity index (χ0v) is 18.3. The van der Waals surface area contributed by atoms with Crippen molar-refractivity contribution in [1.29, 1.82) is 0 Å². The van der Waals surface area contributed by atoms with E-state index in [1.54, 1.807) is 7.11 Å². The van der Waals surface area contributed by atoms with Crippen molar-refractivity contribution in [3.05, 3.63) is 64.7 Å². The van der Waals surface area contributed by atoms with Crippen molar-refractivity contribution >= 4 is 17.3 Å². The van der Waals surface area contributed by atoms with E-state index in [1.807, 2.05) is 48.5 Å². The summed E-state index contributed by atoms with van der Waals surface area (Å²) >= 11 is 5.98. The van der Waals surface area contributed by atoms with Crippen LogP contribution in [0, 0.1) is 12.3 Å². The third kappa shape index (κ3) is 7.27. The Hall–Kier alpha value is -2.56. The minimum atomic E-state index is -0.669. The molecule has 1 N–H and O–H groups in total. The van der Waals surface area contributed by atoms with Crippen LogP contribution in [0.25, 0.3) is 0 Å². The average molecular weight is 443 g/mol. The van der Waals surface area contributed by atoms with Crippen LogP contribution in [0.15, 0.2) is 53.7 Å². The van der Waals surface area contributed by atoms with Crippen molar-refractivity contribution in [3.63, 3.8) is 0 Å². The van der Waals surface area contributed by atoms with Crippen molar-refractivity contribution in [2.45, 2.75) is 25.2 Å². The Balaban J connectivity index is 1.63. The summed E-state index contributed by atoms with van der Waals surface area (Å²) in [6.07, 6.45) is 5.10. The number of rotatable bonds is 11. The standard InChI is InChI=1S/C24H27ClN2O4/c1-3-11-30-17-21(28)15-27(14-18-5-4-6-22(12-18)29-2)16-23-13-24(26-31-23)19-7-9-20(25)10-8-19/h1,4-10,12,21,23,28H,11,13-17H2,2H3/t21-,23-/m0/s1. The second-order valence-corrected chi connectivity index (χ2v) is 7.83. The molecule has 0 saturated carbocycles. The lowest BCUT2D eigenvalue weighted by atomic mass is 10.0. The summed E-state index contributed by atoms with van der Waals surface area (Å²) in [5.74, 6) is 3.20. The number of benzene rings is 2. The first-order chi connectivity index (χ1) is 15.1. The maximum absolute atomic E-state index is 10.4. The van der Waals surface area contributed by atoms with E-state index in [0.717, 1.165) is 22.6 Å². The van der Waals surface area contributed by atoms with Crippen molar-refractivity contribution in [2.24, 2.45) is 5.16 Å².